The molecule has 0 unspecified atom stereocenters. The lowest BCUT2D eigenvalue weighted by Crippen LogP contribution is -2.41. The molecule has 3 aromatic rings. The summed E-state index contributed by atoms with van der Waals surface area (Å²) in [5.74, 6) is -4.96. The van der Waals surface area contributed by atoms with Gasteiger partial charge in [0.25, 0.3) is 0 Å². The van der Waals surface area contributed by atoms with Crippen LogP contribution in [0.2, 0.25) is 0 Å². The Hall–Kier alpha value is -2.98. The Kier molecular flexibility index (Phi) is 7.12. The summed E-state index contributed by atoms with van der Waals surface area (Å²) in [6.07, 6.45) is 2.30. The molecule has 0 bridgehead atoms. The molecular weight excluding hydrogens is 478 g/mol. The third-order valence-corrected chi connectivity index (χ3v) is 6.03. The molecule has 36 heavy (non-hydrogen) atoms. The van der Waals surface area contributed by atoms with Crippen molar-refractivity contribution in [2.45, 2.75) is 64.2 Å². The Balaban J connectivity index is 1.63. The van der Waals surface area contributed by atoms with Crippen molar-refractivity contribution >= 4 is 16.7 Å². The molecule has 0 spiro atoms. The number of aryl methyl sites for hydroxylation is 1. The van der Waals surface area contributed by atoms with Crippen LogP contribution in [-0.2, 0) is 10.7 Å². The standard InChI is InChI=1S/C26H29F4N3O3/c1-14(17-6-5-7-19(23(17)28)26(29,30)25(3,4)34)31-24-18-12-22(36-11-10-35-16-8-9-16)20(27)13-21(18)32-15(2)33-24/h5-7,12-14,16,34H,8-11H2,1-4H3,(H,31,32,33)/t14-/m1/s1. The number of rotatable bonds is 10. The van der Waals surface area contributed by atoms with E-state index >= 15 is 4.39 Å². The first-order chi connectivity index (χ1) is 16.9. The van der Waals surface area contributed by atoms with E-state index in [0.29, 0.717) is 23.3 Å². The molecule has 194 valence electrons. The molecule has 0 radical (unpaired) electrons. The average Bonchev–Trinajstić information content (AvgIpc) is 3.60. The second kappa shape index (κ2) is 9.82. The number of anilines is 1. The van der Waals surface area contributed by atoms with Crippen molar-refractivity contribution < 1.29 is 32.1 Å². The summed E-state index contributed by atoms with van der Waals surface area (Å²) in [6.45, 7) is 5.56. The number of alkyl halides is 2. The maximum Gasteiger partial charge on any atom is 0.303 e. The average molecular weight is 508 g/mol. The van der Waals surface area contributed by atoms with Crippen LogP contribution in [0.25, 0.3) is 10.9 Å². The Bertz CT molecular complexity index is 1260. The molecule has 1 heterocycles. The van der Waals surface area contributed by atoms with Crippen molar-refractivity contribution in [3.05, 3.63) is 58.9 Å². The molecule has 1 aliphatic carbocycles. The highest BCUT2D eigenvalue weighted by molar-refractivity contribution is 5.90. The Labute approximate surface area is 206 Å². The fourth-order valence-electron chi connectivity index (χ4n) is 3.81. The van der Waals surface area contributed by atoms with Gasteiger partial charge in [-0.1, -0.05) is 12.1 Å². The number of hydrogen-bond acceptors (Lipinski definition) is 6. The van der Waals surface area contributed by atoms with Gasteiger partial charge in [-0.3, -0.25) is 0 Å². The smallest absolute Gasteiger partial charge is 0.303 e. The van der Waals surface area contributed by atoms with Crippen molar-refractivity contribution in [1.29, 1.82) is 0 Å². The minimum absolute atomic E-state index is 0.0111. The number of nitrogens with zero attached hydrogens (tertiary/aromatic N) is 2. The van der Waals surface area contributed by atoms with Gasteiger partial charge < -0.3 is 19.9 Å². The molecule has 2 aromatic carbocycles. The van der Waals surface area contributed by atoms with Gasteiger partial charge in [0.05, 0.1) is 29.8 Å². The monoisotopic (exact) mass is 507 g/mol. The van der Waals surface area contributed by atoms with Gasteiger partial charge >= 0.3 is 5.92 Å². The van der Waals surface area contributed by atoms with Gasteiger partial charge in [0.2, 0.25) is 0 Å². The van der Waals surface area contributed by atoms with E-state index in [-0.39, 0.29) is 29.8 Å². The zero-order valence-corrected chi connectivity index (χ0v) is 20.5. The quantitative estimate of drug-likeness (QED) is 0.266. The van der Waals surface area contributed by atoms with Crippen LogP contribution in [0, 0.1) is 18.6 Å². The summed E-state index contributed by atoms with van der Waals surface area (Å²) in [5.41, 5.74) is -3.11. The summed E-state index contributed by atoms with van der Waals surface area (Å²) in [7, 11) is 0. The third kappa shape index (κ3) is 5.39. The van der Waals surface area contributed by atoms with E-state index in [0.717, 1.165) is 32.8 Å². The van der Waals surface area contributed by atoms with Crippen LogP contribution in [0.15, 0.2) is 30.3 Å². The normalized spacial score (nSPS) is 15.2. The van der Waals surface area contributed by atoms with Crippen LogP contribution in [-0.4, -0.2) is 40.0 Å². The van der Waals surface area contributed by atoms with Crippen LogP contribution in [0.1, 0.15) is 56.6 Å². The molecule has 2 N–H and O–H groups in total. The maximum absolute atomic E-state index is 15.3. The van der Waals surface area contributed by atoms with E-state index in [1.807, 2.05) is 0 Å². The largest absolute Gasteiger partial charge is 0.488 e. The second-order valence-electron chi connectivity index (χ2n) is 9.55. The van der Waals surface area contributed by atoms with Crippen molar-refractivity contribution in [2.24, 2.45) is 0 Å². The highest BCUT2D eigenvalue weighted by Gasteiger charge is 2.49. The van der Waals surface area contributed by atoms with Crippen molar-refractivity contribution in [1.82, 2.24) is 9.97 Å². The molecule has 0 saturated heterocycles. The molecule has 1 saturated carbocycles. The van der Waals surface area contributed by atoms with E-state index in [2.05, 4.69) is 15.3 Å². The van der Waals surface area contributed by atoms with Gasteiger partial charge in [-0.05, 0) is 52.7 Å². The predicted octanol–water partition coefficient (Wildman–Crippen LogP) is 5.81. The zero-order valence-electron chi connectivity index (χ0n) is 20.5. The Morgan fingerprint density at radius 3 is 2.53 bits per heavy atom. The number of ether oxygens (including phenoxy) is 2. The second-order valence-corrected chi connectivity index (χ2v) is 9.55. The van der Waals surface area contributed by atoms with Crippen LogP contribution in [0.3, 0.4) is 0 Å². The van der Waals surface area contributed by atoms with E-state index < -0.39 is 34.8 Å². The van der Waals surface area contributed by atoms with Crippen LogP contribution in [0.4, 0.5) is 23.4 Å². The fourth-order valence-corrected chi connectivity index (χ4v) is 3.81. The number of fused-ring (bicyclic) bond motifs is 1. The van der Waals surface area contributed by atoms with E-state index in [1.54, 1.807) is 13.8 Å². The molecule has 1 fully saturated rings. The third-order valence-electron chi connectivity index (χ3n) is 6.03. The Morgan fingerprint density at radius 1 is 1.14 bits per heavy atom. The number of halogens is 4. The van der Waals surface area contributed by atoms with E-state index in [9.17, 15) is 18.3 Å². The lowest BCUT2D eigenvalue weighted by molar-refractivity contribution is -0.170. The number of aromatic nitrogens is 2. The summed E-state index contributed by atoms with van der Waals surface area (Å²) < 4.78 is 70.4. The molecule has 0 aliphatic heterocycles. The van der Waals surface area contributed by atoms with Crippen LogP contribution >= 0.6 is 0 Å². The SMILES string of the molecule is Cc1nc(N[C@H](C)c2cccc(C(F)(F)C(C)(C)O)c2F)c2cc(OCCOC3CC3)c(F)cc2n1. The number of aliphatic hydroxyl groups is 1. The predicted molar refractivity (Wildman–Crippen MR) is 127 cm³/mol. The van der Waals surface area contributed by atoms with Crippen LogP contribution in [0.5, 0.6) is 5.75 Å². The minimum Gasteiger partial charge on any atom is -0.488 e. The van der Waals surface area contributed by atoms with Gasteiger partial charge in [0, 0.05) is 17.0 Å². The molecule has 1 atom stereocenters. The molecule has 10 heteroatoms. The first-order valence-corrected chi connectivity index (χ1v) is 11.8. The molecular formula is C26H29F4N3O3. The van der Waals surface area contributed by atoms with Gasteiger partial charge in [-0.25, -0.2) is 18.7 Å². The van der Waals surface area contributed by atoms with Crippen molar-refractivity contribution in [3.63, 3.8) is 0 Å². The lowest BCUT2D eigenvalue weighted by atomic mass is 9.91. The topological polar surface area (TPSA) is 76.5 Å². The van der Waals surface area contributed by atoms with Gasteiger partial charge in [-0.15, -0.1) is 0 Å². The fraction of sp³-hybridized carbons (Fsp3) is 0.462. The molecule has 1 aliphatic rings. The first-order valence-electron chi connectivity index (χ1n) is 11.8. The number of hydrogen-bond donors (Lipinski definition) is 2. The van der Waals surface area contributed by atoms with Gasteiger partial charge in [0.1, 0.15) is 29.7 Å². The highest BCUT2D eigenvalue weighted by Crippen LogP contribution is 2.41. The van der Waals surface area contributed by atoms with Crippen molar-refractivity contribution in [3.8, 4) is 5.75 Å². The van der Waals surface area contributed by atoms with Gasteiger partial charge in [-0.2, -0.15) is 8.78 Å². The van der Waals surface area contributed by atoms with E-state index in [4.69, 9.17) is 9.47 Å². The Morgan fingerprint density at radius 2 is 1.86 bits per heavy atom. The first kappa shape index (κ1) is 26.1. The van der Waals surface area contributed by atoms with Crippen LogP contribution < -0.4 is 10.1 Å². The van der Waals surface area contributed by atoms with Gasteiger partial charge in [0.15, 0.2) is 11.6 Å². The van der Waals surface area contributed by atoms with Crippen molar-refractivity contribution in [2.75, 3.05) is 18.5 Å². The highest BCUT2D eigenvalue weighted by atomic mass is 19.3. The summed E-state index contributed by atoms with van der Waals surface area (Å²) in [6, 6.07) is 5.50. The minimum atomic E-state index is -3.82. The molecule has 4 rings (SSSR count). The zero-order chi connectivity index (χ0) is 26.3. The summed E-state index contributed by atoms with van der Waals surface area (Å²) >= 11 is 0. The molecule has 1 aromatic heterocycles. The maximum atomic E-state index is 15.3. The summed E-state index contributed by atoms with van der Waals surface area (Å²) in [4.78, 5) is 8.63. The number of nitrogens with one attached hydrogen (secondary N) is 1. The lowest BCUT2D eigenvalue weighted by Gasteiger charge is -2.30. The molecule has 0 amide bonds. The molecule has 6 nitrogen and oxygen atoms in total. The number of benzene rings is 2. The van der Waals surface area contributed by atoms with E-state index in [1.165, 1.54) is 24.3 Å². The summed E-state index contributed by atoms with van der Waals surface area (Å²) in [5, 5.41) is 13.4.